The molecule has 0 spiro atoms. The van der Waals surface area contributed by atoms with E-state index in [1.165, 1.54) is 18.4 Å². The number of halogens is 2. The summed E-state index contributed by atoms with van der Waals surface area (Å²) in [7, 11) is 8.20. The SMILES string of the molecule is C[Si](C)(C1C[C@H](Cc2ccccc2)C2C=CC=CC21)N1C[N-]C[N-]C1.[CH3-].[Cl][Ti+4][Cl]. The van der Waals surface area contributed by atoms with Gasteiger partial charge in [0.1, 0.15) is 8.24 Å². The van der Waals surface area contributed by atoms with Crippen LogP contribution in [0.25, 0.3) is 10.6 Å². The summed E-state index contributed by atoms with van der Waals surface area (Å²) >= 11 is -0.556. The third kappa shape index (κ3) is 6.30. The Morgan fingerprint density at radius 3 is 2.24 bits per heavy atom. The van der Waals surface area contributed by atoms with Crippen LogP contribution in [0.15, 0.2) is 54.6 Å². The van der Waals surface area contributed by atoms with Crippen LogP contribution < -0.4 is 0 Å². The molecule has 1 saturated carbocycles. The Hall–Kier alpha value is 0.0912. The zero-order chi connectivity index (χ0) is 20.0. The first-order valence-electron chi connectivity index (χ1n) is 9.94. The maximum absolute atomic E-state index is 4.89. The van der Waals surface area contributed by atoms with Crippen molar-refractivity contribution in [3.05, 3.63) is 78.3 Å². The van der Waals surface area contributed by atoms with Gasteiger partial charge in [0, 0.05) is 0 Å². The zero-order valence-electron chi connectivity index (χ0n) is 17.6. The molecular formula is C22H32Cl2N3SiTi+. The number of allylic oxidation sites excluding steroid dienone is 4. The number of nitrogens with zero attached hydrogens (tertiary/aromatic N) is 3. The summed E-state index contributed by atoms with van der Waals surface area (Å²) in [6.07, 6.45) is 12.1. The summed E-state index contributed by atoms with van der Waals surface area (Å²) < 4.78 is 2.61. The van der Waals surface area contributed by atoms with Crippen LogP contribution in [0.2, 0.25) is 18.6 Å². The topological polar surface area (TPSA) is 31.4 Å². The van der Waals surface area contributed by atoms with E-state index in [4.69, 9.17) is 18.6 Å². The van der Waals surface area contributed by atoms with E-state index >= 15 is 0 Å². The first-order chi connectivity index (χ1) is 13.6. The van der Waals surface area contributed by atoms with Gasteiger partial charge >= 0.3 is 35.6 Å². The van der Waals surface area contributed by atoms with Crippen molar-refractivity contribution < 1.29 is 17.0 Å². The Morgan fingerprint density at radius 2 is 1.62 bits per heavy atom. The van der Waals surface area contributed by atoms with E-state index in [1.807, 2.05) is 0 Å². The zero-order valence-corrected chi connectivity index (χ0v) is 21.7. The second kappa shape index (κ2) is 12.2. The van der Waals surface area contributed by atoms with Crippen LogP contribution in [0.5, 0.6) is 0 Å². The number of hydrogen-bond acceptors (Lipinski definition) is 1. The van der Waals surface area contributed by atoms with Crippen molar-refractivity contribution in [1.29, 1.82) is 0 Å². The standard InChI is InChI=1S/C21H29N3Si.CH3.2ClH.Ti/c1-25(2,24-15-22-14-23-16-24)21-13-18(12-17-8-4-3-5-9-17)19-10-6-7-11-20(19)21;;;;/h3-11,18-21H,12-16H2,1-2H3;1H3;2*1H;/q-2;-1;;;+6/p-2/t18-,19?,20?,21?;;;;/m0..../s1. The van der Waals surface area contributed by atoms with Crippen LogP contribution in [0, 0.1) is 25.2 Å². The molecule has 0 N–H and O–H groups in total. The molecule has 2 aliphatic carbocycles. The van der Waals surface area contributed by atoms with E-state index in [2.05, 4.69) is 82.9 Å². The fourth-order valence-corrected chi connectivity index (χ4v) is 8.65. The second-order valence-electron chi connectivity index (χ2n) is 8.35. The Kier molecular flexibility index (Phi) is 10.7. The molecule has 1 aromatic rings. The van der Waals surface area contributed by atoms with Gasteiger partial charge in [0.2, 0.25) is 0 Å². The molecule has 0 aromatic heterocycles. The van der Waals surface area contributed by atoms with Gasteiger partial charge in [0.15, 0.2) is 0 Å². The first kappa shape index (κ1) is 25.4. The van der Waals surface area contributed by atoms with E-state index in [0.29, 0.717) is 18.5 Å². The molecule has 1 aromatic carbocycles. The van der Waals surface area contributed by atoms with Crippen molar-refractivity contribution >= 4 is 26.8 Å². The summed E-state index contributed by atoms with van der Waals surface area (Å²) in [4.78, 5) is 0. The average Bonchev–Trinajstić information content (AvgIpc) is 3.09. The van der Waals surface area contributed by atoms with Crippen LogP contribution in [-0.2, 0) is 23.5 Å². The van der Waals surface area contributed by atoms with Crippen LogP contribution >= 0.6 is 18.6 Å². The fourth-order valence-electron chi connectivity index (χ4n) is 5.10. The summed E-state index contributed by atoms with van der Waals surface area (Å²) in [5, 5.41) is 9.10. The van der Waals surface area contributed by atoms with Gasteiger partial charge in [-0.15, -0.1) is 13.3 Å². The summed E-state index contributed by atoms with van der Waals surface area (Å²) in [5.74, 6) is 2.15. The molecule has 1 aliphatic heterocycles. The molecule has 3 unspecified atom stereocenters. The van der Waals surface area contributed by atoms with Gasteiger partial charge in [0.05, 0.1) is 0 Å². The molecule has 2 fully saturated rings. The van der Waals surface area contributed by atoms with Crippen LogP contribution in [0.4, 0.5) is 0 Å². The number of rotatable bonds is 4. The van der Waals surface area contributed by atoms with Crippen molar-refractivity contribution in [1.82, 2.24) is 4.57 Å². The summed E-state index contributed by atoms with van der Waals surface area (Å²) in [6, 6.07) is 11.0. The van der Waals surface area contributed by atoms with Crippen LogP contribution in [-0.4, -0.2) is 32.8 Å². The Bertz CT molecular complexity index is 665. The molecule has 7 heteroatoms. The summed E-state index contributed by atoms with van der Waals surface area (Å²) in [5.41, 5.74) is 2.27. The third-order valence-electron chi connectivity index (χ3n) is 6.59. The molecule has 1 saturated heterocycles. The van der Waals surface area contributed by atoms with E-state index in [-0.39, 0.29) is 7.43 Å². The van der Waals surface area contributed by atoms with Crippen LogP contribution in [0.1, 0.15) is 12.0 Å². The number of benzene rings is 1. The first-order valence-corrected chi connectivity index (χ1v) is 17.3. The predicted octanol–water partition coefficient (Wildman–Crippen LogP) is 6.94. The Balaban J connectivity index is 0.000000708. The molecule has 3 nitrogen and oxygen atoms in total. The molecule has 4 rings (SSSR count). The van der Waals surface area contributed by atoms with Gasteiger partial charge in [-0.2, -0.15) is 0 Å². The van der Waals surface area contributed by atoms with E-state index in [9.17, 15) is 0 Å². The molecule has 4 atom stereocenters. The van der Waals surface area contributed by atoms with Gasteiger partial charge in [0.25, 0.3) is 0 Å². The van der Waals surface area contributed by atoms with Crippen molar-refractivity contribution in [3.8, 4) is 0 Å². The molecule has 0 amide bonds. The Morgan fingerprint density at radius 1 is 1.03 bits per heavy atom. The van der Waals surface area contributed by atoms with Gasteiger partial charge in [-0.3, -0.25) is 6.67 Å². The molecule has 0 bridgehead atoms. The quantitative estimate of drug-likeness (QED) is 0.336. The van der Waals surface area contributed by atoms with Crippen molar-refractivity contribution in [2.75, 3.05) is 20.0 Å². The van der Waals surface area contributed by atoms with Crippen molar-refractivity contribution in [3.63, 3.8) is 0 Å². The maximum atomic E-state index is 4.89. The summed E-state index contributed by atoms with van der Waals surface area (Å²) in [6.45, 7) is 7.56. The van der Waals surface area contributed by atoms with Crippen molar-refractivity contribution in [2.24, 2.45) is 17.8 Å². The molecule has 29 heavy (non-hydrogen) atoms. The third-order valence-corrected chi connectivity index (χ3v) is 10.9. The van der Waals surface area contributed by atoms with E-state index in [1.54, 1.807) is 0 Å². The molecule has 0 radical (unpaired) electrons. The Labute approximate surface area is 195 Å². The fraction of sp³-hybridized carbons (Fsp3) is 0.500. The van der Waals surface area contributed by atoms with Gasteiger partial charge < -0.3 is 22.6 Å². The molecule has 1 heterocycles. The van der Waals surface area contributed by atoms with Gasteiger partial charge in [-0.1, -0.05) is 67.7 Å². The normalized spacial score (nSPS) is 29.0. The van der Waals surface area contributed by atoms with Crippen molar-refractivity contribution in [2.45, 2.75) is 31.5 Å². The molecule has 156 valence electrons. The van der Waals surface area contributed by atoms with Gasteiger partial charge in [-0.05, 0) is 41.7 Å². The second-order valence-corrected chi connectivity index (χ2v) is 15.6. The van der Waals surface area contributed by atoms with E-state index in [0.717, 1.165) is 24.8 Å². The monoisotopic (exact) mass is 484 g/mol. The van der Waals surface area contributed by atoms with Crippen LogP contribution in [0.3, 0.4) is 0 Å². The molecular weight excluding hydrogens is 453 g/mol. The average molecular weight is 485 g/mol. The van der Waals surface area contributed by atoms with E-state index < -0.39 is 25.3 Å². The van der Waals surface area contributed by atoms with Gasteiger partial charge in [-0.25, -0.2) is 0 Å². The minimum absolute atomic E-state index is 0. The minimum atomic E-state index is -1.58. The predicted molar refractivity (Wildman–Crippen MR) is 126 cm³/mol. The number of hydrogen-bond donors (Lipinski definition) is 0. The molecule has 3 aliphatic rings. The number of fused-ring (bicyclic) bond motifs is 1.